The van der Waals surface area contributed by atoms with Crippen LogP contribution in [0.4, 0.5) is 5.82 Å². The van der Waals surface area contributed by atoms with Crippen LogP contribution in [0.3, 0.4) is 0 Å². The lowest BCUT2D eigenvalue weighted by Crippen LogP contribution is -2.38. The zero-order valence-corrected chi connectivity index (χ0v) is 28.2. The predicted octanol–water partition coefficient (Wildman–Crippen LogP) is 10.8. The third-order valence-corrected chi connectivity index (χ3v) is 9.46. The molecule has 3 nitrogen and oxygen atoms in total. The minimum absolute atomic E-state index is 0.330. The summed E-state index contributed by atoms with van der Waals surface area (Å²) >= 11 is 0. The average Bonchev–Trinajstić information content (AvgIpc) is 3.29. The first-order valence-corrected chi connectivity index (χ1v) is 16.5. The van der Waals surface area contributed by atoms with Gasteiger partial charge in [-0.05, 0) is 97.7 Å². The fraction of sp³-hybridized carbons (Fsp3) is 0.310. The van der Waals surface area contributed by atoms with E-state index in [1.807, 2.05) is 19.9 Å². The number of hydrogen-bond donors (Lipinski definition) is 0. The van der Waals surface area contributed by atoms with E-state index in [0.717, 1.165) is 54.3 Å². The van der Waals surface area contributed by atoms with Crippen LogP contribution < -0.4 is 4.90 Å². The van der Waals surface area contributed by atoms with Crippen LogP contribution in [0.2, 0.25) is 0 Å². The van der Waals surface area contributed by atoms with Gasteiger partial charge in [-0.15, -0.1) is 0 Å². The number of aryl methyl sites for hydroxylation is 2. The fourth-order valence-electron chi connectivity index (χ4n) is 6.73. The van der Waals surface area contributed by atoms with Gasteiger partial charge in [-0.1, -0.05) is 105 Å². The largest absolute Gasteiger partial charge is 0.366 e. The Morgan fingerprint density at radius 1 is 0.933 bits per heavy atom. The maximum atomic E-state index is 5.34. The zero-order valence-electron chi connectivity index (χ0n) is 28.2. The summed E-state index contributed by atoms with van der Waals surface area (Å²) in [4.78, 5) is 10.2. The fourth-order valence-corrected chi connectivity index (χ4v) is 6.73. The van der Waals surface area contributed by atoms with Crippen LogP contribution >= 0.6 is 0 Å². The highest BCUT2D eigenvalue weighted by molar-refractivity contribution is 5.83. The summed E-state index contributed by atoms with van der Waals surface area (Å²) < 4.78 is 0. The van der Waals surface area contributed by atoms with Crippen molar-refractivity contribution in [1.82, 2.24) is 9.88 Å². The number of anilines is 1. The van der Waals surface area contributed by atoms with Gasteiger partial charge in [0.1, 0.15) is 5.82 Å². The molecule has 0 N–H and O–H groups in total. The van der Waals surface area contributed by atoms with E-state index in [4.69, 9.17) is 4.98 Å². The first-order valence-electron chi connectivity index (χ1n) is 16.5. The quantitative estimate of drug-likeness (QED) is 0.202. The van der Waals surface area contributed by atoms with Crippen molar-refractivity contribution in [2.75, 3.05) is 18.0 Å². The Kier molecular flexibility index (Phi) is 9.77. The summed E-state index contributed by atoms with van der Waals surface area (Å²) in [6, 6.07) is 27.1. The van der Waals surface area contributed by atoms with Gasteiger partial charge in [0.05, 0.1) is 12.2 Å². The van der Waals surface area contributed by atoms with Gasteiger partial charge in [-0.2, -0.15) is 0 Å². The van der Waals surface area contributed by atoms with Crippen LogP contribution in [-0.2, 0) is 6.54 Å². The van der Waals surface area contributed by atoms with Gasteiger partial charge in [0.25, 0.3) is 0 Å². The summed E-state index contributed by atoms with van der Waals surface area (Å²) in [6.07, 6.45) is 4.16. The molecule has 3 aromatic carbocycles. The van der Waals surface area contributed by atoms with E-state index in [9.17, 15) is 0 Å². The molecular weight excluding hydrogens is 546 g/mol. The number of rotatable bonds is 8. The number of aromatic nitrogens is 1. The molecule has 0 radical (unpaired) electrons. The van der Waals surface area contributed by atoms with Gasteiger partial charge in [-0.3, -0.25) is 0 Å². The third kappa shape index (κ3) is 6.54. The van der Waals surface area contributed by atoms with E-state index in [2.05, 4.69) is 130 Å². The van der Waals surface area contributed by atoms with Gasteiger partial charge >= 0.3 is 0 Å². The molecular formula is C42H49N3. The van der Waals surface area contributed by atoms with Gasteiger partial charge in [-0.25, -0.2) is 4.98 Å². The van der Waals surface area contributed by atoms with Crippen LogP contribution in [0, 0.1) is 13.8 Å². The van der Waals surface area contributed by atoms with Gasteiger partial charge in [0.15, 0.2) is 0 Å². The molecule has 2 atom stereocenters. The van der Waals surface area contributed by atoms with Gasteiger partial charge in [0.2, 0.25) is 0 Å². The maximum Gasteiger partial charge on any atom is 0.128 e. The first-order chi connectivity index (χ1) is 21.7. The molecule has 2 fully saturated rings. The molecule has 4 aromatic rings. The number of pyridine rings is 1. The molecule has 0 spiro atoms. The number of allylic oxidation sites excluding steroid dienone is 2. The maximum absolute atomic E-state index is 5.34. The smallest absolute Gasteiger partial charge is 0.128 e. The average molecular weight is 596 g/mol. The van der Waals surface area contributed by atoms with E-state index >= 15 is 0 Å². The summed E-state index contributed by atoms with van der Waals surface area (Å²) in [5.74, 6) is 1.49. The molecule has 6 rings (SSSR count). The molecule has 0 saturated carbocycles. The first kappa shape index (κ1) is 32.0. The Bertz CT molecular complexity index is 1720. The minimum atomic E-state index is 0.330. The molecule has 45 heavy (non-hydrogen) atoms. The molecule has 0 amide bonds. The van der Waals surface area contributed by atoms with Crippen molar-refractivity contribution in [3.8, 4) is 22.3 Å². The monoisotopic (exact) mass is 595 g/mol. The molecule has 2 unspecified atom stereocenters. The third-order valence-electron chi connectivity index (χ3n) is 9.46. The van der Waals surface area contributed by atoms with E-state index in [-0.39, 0.29) is 0 Å². The van der Waals surface area contributed by atoms with Gasteiger partial charge < -0.3 is 9.80 Å². The highest BCUT2D eigenvalue weighted by Crippen LogP contribution is 2.42. The lowest BCUT2D eigenvalue weighted by atomic mass is 9.90. The van der Waals surface area contributed by atoms with Crippen molar-refractivity contribution in [3.63, 3.8) is 0 Å². The Balaban J connectivity index is 0.00000196. The van der Waals surface area contributed by atoms with Crippen molar-refractivity contribution in [2.45, 2.75) is 72.9 Å². The van der Waals surface area contributed by atoms with Crippen molar-refractivity contribution >= 4 is 17.5 Å². The molecule has 232 valence electrons. The van der Waals surface area contributed by atoms with Crippen LogP contribution in [0.5, 0.6) is 0 Å². The second-order valence-corrected chi connectivity index (χ2v) is 12.5. The number of likely N-dealkylation sites (tertiary alicyclic amines) is 1. The molecule has 3 heteroatoms. The SMILES string of the molecule is C=Cc1ccc(-c2ccc(C(=C)C)cc2C)cc1-c1ccc(N2CCC2)nc1CN1C(=C)CC(c2cccc(C)c2)C1C.CC. The number of benzene rings is 3. The van der Waals surface area contributed by atoms with Gasteiger partial charge in [0, 0.05) is 36.3 Å². The summed E-state index contributed by atoms with van der Waals surface area (Å²) in [7, 11) is 0. The van der Waals surface area contributed by atoms with Crippen molar-refractivity contribution in [3.05, 3.63) is 132 Å². The Hall–Kier alpha value is -4.37. The van der Waals surface area contributed by atoms with Crippen molar-refractivity contribution in [2.24, 2.45) is 0 Å². The molecule has 3 heterocycles. The second kappa shape index (κ2) is 13.7. The zero-order chi connectivity index (χ0) is 32.2. The topological polar surface area (TPSA) is 19.4 Å². The van der Waals surface area contributed by atoms with E-state index < -0.39 is 0 Å². The van der Waals surface area contributed by atoms with E-state index in [0.29, 0.717) is 12.0 Å². The van der Waals surface area contributed by atoms with Crippen LogP contribution in [0.25, 0.3) is 33.9 Å². The highest BCUT2D eigenvalue weighted by atomic mass is 15.2. The lowest BCUT2D eigenvalue weighted by molar-refractivity contribution is 0.287. The number of hydrogen-bond acceptors (Lipinski definition) is 3. The molecule has 1 aromatic heterocycles. The normalized spacial score (nSPS) is 17.4. The molecule has 2 aliphatic heterocycles. The molecule has 0 bridgehead atoms. The molecule has 0 aliphatic carbocycles. The second-order valence-electron chi connectivity index (χ2n) is 12.5. The van der Waals surface area contributed by atoms with E-state index in [1.165, 1.54) is 51.1 Å². The lowest BCUT2D eigenvalue weighted by Gasteiger charge is -2.33. The minimum Gasteiger partial charge on any atom is -0.366 e. The summed E-state index contributed by atoms with van der Waals surface area (Å²) in [5, 5.41) is 0. The Morgan fingerprint density at radius 2 is 1.69 bits per heavy atom. The molecule has 2 aliphatic rings. The Morgan fingerprint density at radius 3 is 2.33 bits per heavy atom. The van der Waals surface area contributed by atoms with Crippen LogP contribution in [0.15, 0.2) is 98.2 Å². The van der Waals surface area contributed by atoms with E-state index in [1.54, 1.807) is 0 Å². The summed E-state index contributed by atoms with van der Waals surface area (Å²) in [6.45, 7) is 28.5. The number of nitrogens with zero attached hydrogens (tertiary/aromatic N) is 3. The standard InChI is InChI=1S/C40H43N3.C2H6/c1-8-31-13-14-34(35-16-15-32(26(2)3)22-28(35)5)24-38(31)36-17-18-40(42-19-10-20-42)41-39(36)25-43-29(6)23-37(30(43)7)33-12-9-11-27(4)21-33;1-2/h8-9,11-18,21-22,24,30,37H,1-2,6,10,19-20,23,25H2,3-5,7H3;1-2H3. The van der Waals surface area contributed by atoms with Crippen molar-refractivity contribution in [1.29, 1.82) is 0 Å². The van der Waals surface area contributed by atoms with Crippen LogP contribution in [0.1, 0.15) is 80.0 Å². The highest BCUT2D eigenvalue weighted by Gasteiger charge is 2.35. The molecule has 2 saturated heterocycles. The summed E-state index contributed by atoms with van der Waals surface area (Å²) in [5.41, 5.74) is 14.4. The Labute approximate surface area is 271 Å². The predicted molar refractivity (Wildman–Crippen MR) is 196 cm³/mol. The van der Waals surface area contributed by atoms with Crippen molar-refractivity contribution < 1.29 is 0 Å². The van der Waals surface area contributed by atoms with Crippen LogP contribution in [-0.4, -0.2) is 29.0 Å².